The Labute approximate surface area is 122 Å². The van der Waals surface area contributed by atoms with Crippen molar-refractivity contribution < 1.29 is 10.2 Å². The van der Waals surface area contributed by atoms with E-state index < -0.39 is 6.10 Å². The minimum absolute atomic E-state index is 0.212. The van der Waals surface area contributed by atoms with E-state index >= 15 is 0 Å². The van der Waals surface area contributed by atoms with E-state index in [0.29, 0.717) is 10.8 Å². The predicted molar refractivity (Wildman–Crippen MR) is 80.0 cm³/mol. The third-order valence-corrected chi connectivity index (χ3v) is 4.13. The summed E-state index contributed by atoms with van der Waals surface area (Å²) in [6, 6.07) is 12.8. The van der Waals surface area contributed by atoms with Gasteiger partial charge in [0.25, 0.3) is 0 Å². The van der Waals surface area contributed by atoms with E-state index in [-0.39, 0.29) is 5.75 Å². The second kappa shape index (κ2) is 6.33. The number of hydrogen-bond donors (Lipinski definition) is 2. The number of hydrogen-bond acceptors (Lipinski definition) is 3. The predicted octanol–water partition coefficient (Wildman–Crippen LogP) is 4.18. The van der Waals surface area contributed by atoms with Crippen LogP contribution in [-0.4, -0.2) is 16.0 Å². The number of phenolic OH excluding ortho intramolecular Hbond substituents is 1. The third kappa shape index (κ3) is 3.90. The molecule has 0 spiro atoms. The first kappa shape index (κ1) is 14.3. The first-order valence-electron chi connectivity index (χ1n) is 5.92. The van der Waals surface area contributed by atoms with Crippen LogP contribution < -0.4 is 0 Å². The molecule has 0 saturated heterocycles. The summed E-state index contributed by atoms with van der Waals surface area (Å²) in [5.74, 6) is 0.729. The van der Waals surface area contributed by atoms with Crippen molar-refractivity contribution in [3.05, 3.63) is 58.6 Å². The van der Waals surface area contributed by atoms with Crippen LogP contribution in [0, 0.1) is 6.92 Å². The molecule has 2 aromatic rings. The van der Waals surface area contributed by atoms with Crippen LogP contribution in [0.25, 0.3) is 0 Å². The summed E-state index contributed by atoms with van der Waals surface area (Å²) in [6.07, 6.45) is -0.615. The number of aliphatic hydroxyl groups excluding tert-OH is 1. The van der Waals surface area contributed by atoms with Crippen LogP contribution in [-0.2, 0) is 0 Å². The van der Waals surface area contributed by atoms with Crippen molar-refractivity contribution in [2.75, 3.05) is 5.75 Å². The molecule has 0 radical (unpaired) electrons. The van der Waals surface area contributed by atoms with E-state index in [1.165, 1.54) is 11.8 Å². The number of aryl methyl sites for hydroxylation is 1. The number of aliphatic hydroxyl groups is 1. The van der Waals surface area contributed by atoms with E-state index in [0.717, 1.165) is 16.0 Å². The molecule has 2 aromatic carbocycles. The number of phenols is 1. The first-order chi connectivity index (χ1) is 9.06. The molecule has 0 aromatic heterocycles. The fourth-order valence-corrected chi connectivity index (χ4v) is 2.84. The second-order valence-electron chi connectivity index (χ2n) is 4.33. The molecule has 0 fully saturated rings. The standard InChI is InChI=1S/C15H15ClO2S/c1-10-5-6-11(7-14(10)17)15(18)9-19-13-4-2-3-12(16)8-13/h2-8,15,17-18H,9H2,1H3. The molecule has 4 heteroatoms. The lowest BCUT2D eigenvalue weighted by Gasteiger charge is -2.12. The van der Waals surface area contributed by atoms with Crippen molar-refractivity contribution in [3.63, 3.8) is 0 Å². The Morgan fingerprint density at radius 1 is 1.21 bits per heavy atom. The molecule has 0 aliphatic carbocycles. The van der Waals surface area contributed by atoms with Gasteiger partial charge in [0.1, 0.15) is 5.75 Å². The summed E-state index contributed by atoms with van der Waals surface area (Å²) in [7, 11) is 0. The first-order valence-corrected chi connectivity index (χ1v) is 7.28. The lowest BCUT2D eigenvalue weighted by atomic mass is 10.1. The maximum Gasteiger partial charge on any atom is 0.118 e. The zero-order valence-electron chi connectivity index (χ0n) is 10.5. The number of rotatable bonds is 4. The summed E-state index contributed by atoms with van der Waals surface area (Å²) in [5, 5.41) is 20.4. The smallest absolute Gasteiger partial charge is 0.118 e. The molecule has 0 saturated carbocycles. The Morgan fingerprint density at radius 2 is 2.00 bits per heavy atom. The van der Waals surface area contributed by atoms with Gasteiger partial charge in [0.2, 0.25) is 0 Å². The van der Waals surface area contributed by atoms with Crippen LogP contribution in [0.3, 0.4) is 0 Å². The summed E-state index contributed by atoms with van der Waals surface area (Å²) in [4.78, 5) is 1.02. The van der Waals surface area contributed by atoms with Gasteiger partial charge < -0.3 is 10.2 Å². The van der Waals surface area contributed by atoms with Crippen LogP contribution in [0.4, 0.5) is 0 Å². The minimum atomic E-state index is -0.615. The van der Waals surface area contributed by atoms with Gasteiger partial charge in [-0.05, 0) is 42.3 Å². The fraction of sp³-hybridized carbons (Fsp3) is 0.200. The monoisotopic (exact) mass is 294 g/mol. The Balaban J connectivity index is 2.01. The quantitative estimate of drug-likeness (QED) is 0.831. The Morgan fingerprint density at radius 3 is 2.68 bits per heavy atom. The van der Waals surface area contributed by atoms with Gasteiger partial charge in [-0.3, -0.25) is 0 Å². The Kier molecular flexibility index (Phi) is 4.75. The topological polar surface area (TPSA) is 40.5 Å². The van der Waals surface area contributed by atoms with Crippen LogP contribution >= 0.6 is 23.4 Å². The van der Waals surface area contributed by atoms with Crippen molar-refractivity contribution in [1.82, 2.24) is 0 Å². The zero-order chi connectivity index (χ0) is 13.8. The summed E-state index contributed by atoms with van der Waals surface area (Å²) in [5.41, 5.74) is 1.52. The van der Waals surface area contributed by atoms with E-state index in [1.807, 2.05) is 37.3 Å². The van der Waals surface area contributed by atoms with Crippen LogP contribution in [0.15, 0.2) is 47.4 Å². The number of thioether (sulfide) groups is 1. The van der Waals surface area contributed by atoms with Gasteiger partial charge in [-0.1, -0.05) is 29.8 Å². The molecule has 2 nitrogen and oxygen atoms in total. The largest absolute Gasteiger partial charge is 0.508 e. The minimum Gasteiger partial charge on any atom is -0.508 e. The molecule has 100 valence electrons. The van der Waals surface area contributed by atoms with Crippen LogP contribution in [0.1, 0.15) is 17.2 Å². The molecule has 0 amide bonds. The number of halogens is 1. The van der Waals surface area contributed by atoms with E-state index in [9.17, 15) is 10.2 Å². The summed E-state index contributed by atoms with van der Waals surface area (Å²) >= 11 is 7.44. The molecule has 19 heavy (non-hydrogen) atoms. The molecule has 1 atom stereocenters. The van der Waals surface area contributed by atoms with Crippen molar-refractivity contribution in [2.45, 2.75) is 17.9 Å². The molecule has 2 rings (SSSR count). The maximum absolute atomic E-state index is 10.1. The average molecular weight is 295 g/mol. The molecule has 0 aliphatic rings. The van der Waals surface area contributed by atoms with Gasteiger partial charge in [0.05, 0.1) is 6.10 Å². The lowest BCUT2D eigenvalue weighted by Crippen LogP contribution is -2.00. The lowest BCUT2D eigenvalue weighted by molar-refractivity contribution is 0.203. The highest BCUT2D eigenvalue weighted by Gasteiger charge is 2.10. The average Bonchev–Trinajstić information content (AvgIpc) is 2.39. The molecular weight excluding hydrogens is 280 g/mol. The van der Waals surface area contributed by atoms with Crippen molar-refractivity contribution in [3.8, 4) is 5.75 Å². The normalized spacial score (nSPS) is 12.4. The fourth-order valence-electron chi connectivity index (χ4n) is 1.66. The van der Waals surface area contributed by atoms with Gasteiger partial charge in [-0.25, -0.2) is 0 Å². The van der Waals surface area contributed by atoms with Gasteiger partial charge in [0, 0.05) is 15.7 Å². The number of benzene rings is 2. The molecule has 2 N–H and O–H groups in total. The Hall–Kier alpha value is -1.16. The van der Waals surface area contributed by atoms with Crippen LogP contribution in [0.5, 0.6) is 5.75 Å². The van der Waals surface area contributed by atoms with Crippen molar-refractivity contribution in [1.29, 1.82) is 0 Å². The molecular formula is C15H15ClO2S. The number of aromatic hydroxyl groups is 1. The SMILES string of the molecule is Cc1ccc(C(O)CSc2cccc(Cl)c2)cc1O. The molecule has 0 aliphatic heterocycles. The van der Waals surface area contributed by atoms with E-state index in [4.69, 9.17) is 11.6 Å². The molecule has 1 unspecified atom stereocenters. The Bertz CT molecular complexity index is 572. The molecule has 0 heterocycles. The van der Waals surface area contributed by atoms with E-state index in [2.05, 4.69) is 0 Å². The molecule has 0 bridgehead atoms. The van der Waals surface area contributed by atoms with Gasteiger partial charge in [0.15, 0.2) is 0 Å². The van der Waals surface area contributed by atoms with Crippen molar-refractivity contribution >= 4 is 23.4 Å². The van der Waals surface area contributed by atoms with E-state index in [1.54, 1.807) is 12.1 Å². The highest BCUT2D eigenvalue weighted by molar-refractivity contribution is 7.99. The maximum atomic E-state index is 10.1. The van der Waals surface area contributed by atoms with Gasteiger partial charge in [-0.15, -0.1) is 11.8 Å². The van der Waals surface area contributed by atoms with Gasteiger partial charge in [-0.2, -0.15) is 0 Å². The highest BCUT2D eigenvalue weighted by atomic mass is 35.5. The summed E-state index contributed by atoms with van der Waals surface area (Å²) in [6.45, 7) is 1.83. The van der Waals surface area contributed by atoms with Crippen LogP contribution in [0.2, 0.25) is 5.02 Å². The second-order valence-corrected chi connectivity index (χ2v) is 5.86. The van der Waals surface area contributed by atoms with Crippen molar-refractivity contribution in [2.24, 2.45) is 0 Å². The van der Waals surface area contributed by atoms with Gasteiger partial charge >= 0.3 is 0 Å². The third-order valence-electron chi connectivity index (χ3n) is 2.82. The zero-order valence-corrected chi connectivity index (χ0v) is 12.1. The highest BCUT2D eigenvalue weighted by Crippen LogP contribution is 2.28. The summed E-state index contributed by atoms with van der Waals surface area (Å²) < 4.78 is 0.